The molecule has 0 bridgehead atoms. The summed E-state index contributed by atoms with van der Waals surface area (Å²) in [6.07, 6.45) is 1.59. The lowest BCUT2D eigenvalue weighted by Gasteiger charge is -2.36. The van der Waals surface area contributed by atoms with Gasteiger partial charge in [0.25, 0.3) is 0 Å². The number of nitrogens with zero attached hydrogens (tertiary/aromatic N) is 1. The van der Waals surface area contributed by atoms with Gasteiger partial charge in [-0.1, -0.05) is 81.4 Å². The van der Waals surface area contributed by atoms with Crippen LogP contribution in [0.3, 0.4) is 0 Å². The van der Waals surface area contributed by atoms with Crippen LogP contribution in [0.5, 0.6) is 0 Å². The van der Waals surface area contributed by atoms with Crippen LogP contribution >= 0.6 is 0 Å². The van der Waals surface area contributed by atoms with Crippen molar-refractivity contribution >= 4 is 11.8 Å². The number of carbonyl (C=O) groups is 2. The van der Waals surface area contributed by atoms with Crippen molar-refractivity contribution in [3.05, 3.63) is 71.8 Å². The Morgan fingerprint density at radius 3 is 1.79 bits per heavy atom. The molecule has 1 saturated heterocycles. The summed E-state index contributed by atoms with van der Waals surface area (Å²) >= 11 is 0. The quantitative estimate of drug-likeness (QED) is 0.875. The summed E-state index contributed by atoms with van der Waals surface area (Å²) in [4.78, 5) is 27.6. The number of amides is 2. The van der Waals surface area contributed by atoms with Gasteiger partial charge in [0.2, 0.25) is 11.8 Å². The Morgan fingerprint density at radius 2 is 1.36 bits per heavy atom. The first-order valence-corrected chi connectivity index (χ1v) is 10.1. The molecule has 1 heterocycles. The second kappa shape index (κ2) is 8.59. The van der Waals surface area contributed by atoms with Crippen LogP contribution < -0.4 is 5.32 Å². The monoisotopic (exact) mass is 378 g/mol. The maximum absolute atomic E-state index is 13.2. The standard InChI is InChI=1S/C24H30N2O2/c1-24(2,3)23(28)26-16-14-20(15-17-26)25-22(27)21(18-10-6-4-7-11-18)19-12-8-5-9-13-19/h4-13,20-21H,14-17H2,1-3H3,(H,25,27). The molecule has 148 valence electrons. The van der Waals surface area contributed by atoms with Gasteiger partial charge in [-0.25, -0.2) is 0 Å². The number of piperidine rings is 1. The molecule has 2 aromatic carbocycles. The van der Waals surface area contributed by atoms with Gasteiger partial charge in [0.05, 0.1) is 5.92 Å². The highest BCUT2D eigenvalue weighted by Crippen LogP contribution is 2.26. The minimum absolute atomic E-state index is 0.0259. The molecule has 4 nitrogen and oxygen atoms in total. The molecule has 28 heavy (non-hydrogen) atoms. The number of benzene rings is 2. The van der Waals surface area contributed by atoms with Crippen LogP contribution in [0.4, 0.5) is 0 Å². The molecule has 0 unspecified atom stereocenters. The Labute approximate surface area is 167 Å². The zero-order valence-corrected chi connectivity index (χ0v) is 17.0. The summed E-state index contributed by atoms with van der Waals surface area (Å²) < 4.78 is 0. The highest BCUT2D eigenvalue weighted by Gasteiger charge is 2.32. The predicted octanol–water partition coefficient (Wildman–Crippen LogP) is 3.97. The molecule has 1 fully saturated rings. The van der Waals surface area contributed by atoms with E-state index < -0.39 is 0 Å². The van der Waals surface area contributed by atoms with E-state index >= 15 is 0 Å². The molecule has 0 aromatic heterocycles. The molecule has 2 aromatic rings. The van der Waals surface area contributed by atoms with Crippen molar-refractivity contribution in [2.24, 2.45) is 5.41 Å². The van der Waals surface area contributed by atoms with Gasteiger partial charge < -0.3 is 10.2 Å². The van der Waals surface area contributed by atoms with Gasteiger partial charge in [-0.05, 0) is 24.0 Å². The average molecular weight is 379 g/mol. The largest absolute Gasteiger partial charge is 0.352 e. The highest BCUT2D eigenvalue weighted by atomic mass is 16.2. The maximum Gasteiger partial charge on any atom is 0.232 e. The van der Waals surface area contributed by atoms with Crippen molar-refractivity contribution in [1.29, 1.82) is 0 Å². The first kappa shape index (κ1) is 20.1. The average Bonchev–Trinajstić information content (AvgIpc) is 2.69. The Morgan fingerprint density at radius 1 is 0.893 bits per heavy atom. The van der Waals surface area contributed by atoms with Crippen LogP contribution in [0.25, 0.3) is 0 Å². The van der Waals surface area contributed by atoms with E-state index in [4.69, 9.17) is 0 Å². The molecule has 0 saturated carbocycles. The van der Waals surface area contributed by atoms with Gasteiger partial charge in [0, 0.05) is 24.5 Å². The SMILES string of the molecule is CC(C)(C)C(=O)N1CCC(NC(=O)C(c2ccccc2)c2ccccc2)CC1. The van der Waals surface area contributed by atoms with E-state index in [1.165, 1.54) is 0 Å². The number of nitrogens with one attached hydrogen (secondary N) is 1. The summed E-state index contributed by atoms with van der Waals surface area (Å²) in [7, 11) is 0. The lowest BCUT2D eigenvalue weighted by Crippen LogP contribution is -2.50. The lowest BCUT2D eigenvalue weighted by molar-refractivity contribution is -0.140. The molecule has 0 aliphatic carbocycles. The van der Waals surface area contributed by atoms with Crippen LogP contribution in [0.2, 0.25) is 0 Å². The molecule has 4 heteroatoms. The second-order valence-electron chi connectivity index (χ2n) is 8.58. The van der Waals surface area contributed by atoms with E-state index in [9.17, 15) is 9.59 Å². The summed E-state index contributed by atoms with van der Waals surface area (Å²) in [6, 6.07) is 19.9. The smallest absolute Gasteiger partial charge is 0.232 e. The number of likely N-dealkylation sites (tertiary alicyclic amines) is 1. The van der Waals surface area contributed by atoms with E-state index in [-0.39, 0.29) is 29.2 Å². The third kappa shape index (κ3) is 4.80. The van der Waals surface area contributed by atoms with Crippen LogP contribution in [-0.4, -0.2) is 35.8 Å². The van der Waals surface area contributed by atoms with Crippen molar-refractivity contribution in [2.75, 3.05) is 13.1 Å². The zero-order valence-electron chi connectivity index (χ0n) is 17.0. The van der Waals surface area contributed by atoms with Crippen LogP contribution in [0, 0.1) is 5.41 Å². The fourth-order valence-corrected chi connectivity index (χ4v) is 3.77. The summed E-state index contributed by atoms with van der Waals surface area (Å²) in [5, 5.41) is 3.24. The first-order valence-electron chi connectivity index (χ1n) is 10.1. The molecule has 2 amide bonds. The van der Waals surface area contributed by atoms with Gasteiger partial charge in [0.1, 0.15) is 0 Å². The molecule has 1 aliphatic rings. The third-order valence-electron chi connectivity index (χ3n) is 5.30. The fourth-order valence-electron chi connectivity index (χ4n) is 3.77. The van der Waals surface area contributed by atoms with Crippen LogP contribution in [-0.2, 0) is 9.59 Å². The van der Waals surface area contributed by atoms with Crippen molar-refractivity contribution in [1.82, 2.24) is 10.2 Å². The Hall–Kier alpha value is -2.62. The maximum atomic E-state index is 13.2. The number of hydrogen-bond donors (Lipinski definition) is 1. The Kier molecular flexibility index (Phi) is 6.18. The Balaban J connectivity index is 1.68. The van der Waals surface area contributed by atoms with E-state index in [2.05, 4.69) is 5.32 Å². The predicted molar refractivity (Wildman–Crippen MR) is 112 cm³/mol. The Bertz CT molecular complexity index is 749. The lowest BCUT2D eigenvalue weighted by atomic mass is 9.89. The highest BCUT2D eigenvalue weighted by molar-refractivity contribution is 5.87. The van der Waals surface area contributed by atoms with Gasteiger partial charge in [-0.15, -0.1) is 0 Å². The number of carbonyl (C=O) groups excluding carboxylic acids is 2. The van der Waals surface area contributed by atoms with Crippen molar-refractivity contribution in [3.8, 4) is 0 Å². The molecule has 0 atom stereocenters. The van der Waals surface area contributed by atoms with Crippen molar-refractivity contribution < 1.29 is 9.59 Å². The van der Waals surface area contributed by atoms with Gasteiger partial charge >= 0.3 is 0 Å². The van der Waals surface area contributed by atoms with Gasteiger partial charge in [-0.3, -0.25) is 9.59 Å². The molecule has 3 rings (SSSR count). The summed E-state index contributed by atoms with van der Waals surface area (Å²) in [5.74, 6) is -0.113. The molecule has 0 radical (unpaired) electrons. The molecular formula is C24H30N2O2. The van der Waals surface area contributed by atoms with E-state index in [1.807, 2.05) is 86.3 Å². The molecule has 0 spiro atoms. The molecule has 1 aliphatic heterocycles. The third-order valence-corrected chi connectivity index (χ3v) is 5.30. The number of rotatable bonds is 4. The number of hydrogen-bond acceptors (Lipinski definition) is 2. The van der Waals surface area contributed by atoms with E-state index in [0.717, 1.165) is 24.0 Å². The topological polar surface area (TPSA) is 49.4 Å². The fraction of sp³-hybridized carbons (Fsp3) is 0.417. The van der Waals surface area contributed by atoms with E-state index in [0.29, 0.717) is 13.1 Å². The van der Waals surface area contributed by atoms with Gasteiger partial charge in [0.15, 0.2) is 0 Å². The molecular weight excluding hydrogens is 348 g/mol. The van der Waals surface area contributed by atoms with E-state index in [1.54, 1.807) is 0 Å². The summed E-state index contributed by atoms with van der Waals surface area (Å²) in [5.41, 5.74) is 1.63. The van der Waals surface area contributed by atoms with Crippen LogP contribution in [0.1, 0.15) is 50.7 Å². The summed E-state index contributed by atoms with van der Waals surface area (Å²) in [6.45, 7) is 7.25. The minimum Gasteiger partial charge on any atom is -0.352 e. The van der Waals surface area contributed by atoms with Crippen LogP contribution in [0.15, 0.2) is 60.7 Å². The normalized spacial score (nSPS) is 15.5. The zero-order chi connectivity index (χ0) is 20.1. The van der Waals surface area contributed by atoms with Crippen molar-refractivity contribution in [3.63, 3.8) is 0 Å². The van der Waals surface area contributed by atoms with Gasteiger partial charge in [-0.2, -0.15) is 0 Å². The van der Waals surface area contributed by atoms with Crippen molar-refractivity contribution in [2.45, 2.75) is 45.6 Å². The minimum atomic E-state index is -0.359. The second-order valence-corrected chi connectivity index (χ2v) is 8.58. The first-order chi connectivity index (χ1) is 13.4. The molecule has 1 N–H and O–H groups in total.